The van der Waals surface area contributed by atoms with E-state index in [0.29, 0.717) is 0 Å². The number of carbonyl (C=O) groups excluding carboxylic acids is 1. The number of rotatable bonds is 2. The largest absolute Gasteiger partial charge is 0.508 e. The number of carbonyl (C=O) groups is 1. The third kappa shape index (κ3) is 2.14. The lowest BCUT2D eigenvalue weighted by atomic mass is 9.37. The SMILES string of the molecule is CC(C)=CC(=O)[C@@H]1[C@H]2c3c(O)cc(C)cc3O[C@@]3(C)CCC[C@]1(C)[C@@H]23. The van der Waals surface area contributed by atoms with E-state index in [1.54, 1.807) is 12.1 Å². The van der Waals surface area contributed by atoms with Gasteiger partial charge < -0.3 is 9.84 Å². The van der Waals surface area contributed by atoms with Gasteiger partial charge in [0, 0.05) is 23.3 Å². The average molecular weight is 340 g/mol. The first-order valence-corrected chi connectivity index (χ1v) is 9.39. The van der Waals surface area contributed by atoms with E-state index >= 15 is 0 Å². The van der Waals surface area contributed by atoms with Gasteiger partial charge in [0.2, 0.25) is 0 Å². The Morgan fingerprint density at radius 1 is 1.28 bits per heavy atom. The maximum absolute atomic E-state index is 13.1. The van der Waals surface area contributed by atoms with Crippen LogP contribution in [-0.4, -0.2) is 16.5 Å². The molecule has 0 radical (unpaired) electrons. The van der Waals surface area contributed by atoms with Gasteiger partial charge in [0.25, 0.3) is 0 Å². The number of hydrogen-bond acceptors (Lipinski definition) is 3. The molecule has 1 aromatic carbocycles. The van der Waals surface area contributed by atoms with Gasteiger partial charge in [-0.2, -0.15) is 0 Å². The summed E-state index contributed by atoms with van der Waals surface area (Å²) in [6.07, 6.45) is 4.95. The molecule has 0 bridgehead atoms. The van der Waals surface area contributed by atoms with Gasteiger partial charge in [0.15, 0.2) is 5.78 Å². The summed E-state index contributed by atoms with van der Waals surface area (Å²) in [6.45, 7) is 10.4. The second-order valence-electron chi connectivity index (χ2n) is 9.08. The van der Waals surface area contributed by atoms with Crippen LogP contribution in [0.25, 0.3) is 0 Å². The molecule has 3 nitrogen and oxygen atoms in total. The lowest BCUT2D eigenvalue weighted by Gasteiger charge is -2.69. The summed E-state index contributed by atoms with van der Waals surface area (Å²) in [5, 5.41) is 10.7. The quantitative estimate of drug-likeness (QED) is 0.778. The van der Waals surface area contributed by atoms with Crippen molar-refractivity contribution in [2.24, 2.45) is 17.3 Å². The number of benzene rings is 1. The molecule has 134 valence electrons. The molecule has 0 unspecified atom stereocenters. The predicted molar refractivity (Wildman–Crippen MR) is 98.0 cm³/mol. The monoisotopic (exact) mass is 340 g/mol. The van der Waals surface area contributed by atoms with E-state index in [1.807, 2.05) is 26.8 Å². The molecule has 0 spiro atoms. The van der Waals surface area contributed by atoms with Gasteiger partial charge in [-0.1, -0.05) is 12.5 Å². The van der Waals surface area contributed by atoms with Gasteiger partial charge in [-0.25, -0.2) is 0 Å². The molecule has 0 amide bonds. The summed E-state index contributed by atoms with van der Waals surface area (Å²) in [5.74, 6) is 1.55. The van der Waals surface area contributed by atoms with Crippen LogP contribution in [0.3, 0.4) is 0 Å². The zero-order valence-electron chi connectivity index (χ0n) is 15.8. The van der Waals surface area contributed by atoms with Crippen molar-refractivity contribution >= 4 is 5.78 Å². The molecule has 1 N–H and O–H groups in total. The summed E-state index contributed by atoms with van der Waals surface area (Å²) in [4.78, 5) is 13.1. The van der Waals surface area contributed by atoms with Gasteiger partial charge in [0.1, 0.15) is 17.1 Å². The minimum atomic E-state index is -0.243. The average Bonchev–Trinajstić information content (AvgIpc) is 2.43. The zero-order chi connectivity index (χ0) is 18.1. The Kier molecular flexibility index (Phi) is 3.42. The molecular weight excluding hydrogens is 312 g/mol. The molecule has 2 saturated carbocycles. The van der Waals surface area contributed by atoms with Crippen molar-refractivity contribution in [2.45, 2.75) is 65.4 Å². The number of phenols is 1. The Balaban J connectivity index is 1.90. The molecule has 0 aromatic heterocycles. The standard InChI is InChI=1S/C22H28O3/c1-12(2)9-15(24)19-18-17-14(23)10-13(3)11-16(17)25-22(5)8-6-7-21(19,4)20(18)22/h9-11,18-20,23H,6-8H2,1-5H3/t18-,19-,20-,21+,22+/m1/s1. The molecule has 1 heterocycles. The molecule has 1 aromatic rings. The fourth-order valence-electron chi connectivity index (χ4n) is 6.19. The molecule has 25 heavy (non-hydrogen) atoms. The number of fused-ring (bicyclic) bond motifs is 2. The van der Waals surface area contributed by atoms with Crippen LogP contribution in [0.15, 0.2) is 23.8 Å². The smallest absolute Gasteiger partial charge is 0.159 e. The number of ketones is 1. The summed E-state index contributed by atoms with van der Waals surface area (Å²) in [7, 11) is 0. The number of hydrogen-bond donors (Lipinski definition) is 1. The molecule has 5 atom stereocenters. The molecule has 4 rings (SSSR count). The van der Waals surface area contributed by atoms with E-state index in [2.05, 4.69) is 13.8 Å². The number of ether oxygens (including phenoxy) is 1. The minimum Gasteiger partial charge on any atom is -0.508 e. The second kappa shape index (κ2) is 5.12. The Hall–Kier alpha value is -1.77. The highest BCUT2D eigenvalue weighted by atomic mass is 16.5. The van der Waals surface area contributed by atoms with E-state index < -0.39 is 0 Å². The summed E-state index contributed by atoms with van der Waals surface area (Å²) >= 11 is 0. The van der Waals surface area contributed by atoms with Crippen LogP contribution >= 0.6 is 0 Å². The fourth-order valence-corrected chi connectivity index (χ4v) is 6.19. The van der Waals surface area contributed by atoms with Crippen molar-refractivity contribution < 1.29 is 14.6 Å². The molecule has 0 saturated heterocycles. The van der Waals surface area contributed by atoms with Crippen LogP contribution in [0.2, 0.25) is 0 Å². The number of aromatic hydroxyl groups is 1. The van der Waals surface area contributed by atoms with Gasteiger partial charge in [0.05, 0.1) is 0 Å². The Morgan fingerprint density at radius 3 is 2.68 bits per heavy atom. The first kappa shape index (κ1) is 16.7. The van der Waals surface area contributed by atoms with Gasteiger partial charge in [-0.15, -0.1) is 0 Å². The molecule has 2 fully saturated rings. The van der Waals surface area contributed by atoms with Crippen molar-refractivity contribution in [3.8, 4) is 11.5 Å². The lowest BCUT2D eigenvalue weighted by Crippen LogP contribution is -2.69. The number of aryl methyl sites for hydroxylation is 1. The number of allylic oxidation sites excluding steroid dienone is 2. The summed E-state index contributed by atoms with van der Waals surface area (Å²) in [5.41, 5.74) is 2.59. The maximum atomic E-state index is 13.1. The Morgan fingerprint density at radius 2 is 2.00 bits per heavy atom. The highest BCUT2D eigenvalue weighted by molar-refractivity contribution is 5.95. The molecule has 3 aliphatic rings. The molecule has 2 aliphatic carbocycles. The second-order valence-corrected chi connectivity index (χ2v) is 9.08. The number of phenolic OH excluding ortho intramolecular Hbond substituents is 1. The molecule has 1 aliphatic heterocycles. The summed E-state index contributed by atoms with van der Waals surface area (Å²) in [6, 6.07) is 3.81. The van der Waals surface area contributed by atoms with Crippen LogP contribution in [0.1, 0.15) is 64.0 Å². The highest BCUT2D eigenvalue weighted by Gasteiger charge is 2.71. The van der Waals surface area contributed by atoms with Crippen LogP contribution in [0.4, 0.5) is 0 Å². The van der Waals surface area contributed by atoms with Crippen molar-refractivity contribution in [3.05, 3.63) is 34.9 Å². The minimum absolute atomic E-state index is 0.0459. The normalized spacial score (nSPS) is 37.9. The maximum Gasteiger partial charge on any atom is 0.159 e. The molecular formula is C22H28O3. The fraction of sp³-hybridized carbons (Fsp3) is 0.591. The first-order chi connectivity index (χ1) is 11.7. The van der Waals surface area contributed by atoms with Crippen molar-refractivity contribution in [1.82, 2.24) is 0 Å². The van der Waals surface area contributed by atoms with Crippen molar-refractivity contribution in [1.29, 1.82) is 0 Å². The summed E-state index contributed by atoms with van der Waals surface area (Å²) < 4.78 is 6.47. The zero-order valence-corrected chi connectivity index (χ0v) is 15.8. The van der Waals surface area contributed by atoms with Gasteiger partial charge in [-0.05, 0) is 76.1 Å². The van der Waals surface area contributed by atoms with Crippen LogP contribution in [-0.2, 0) is 4.79 Å². The topological polar surface area (TPSA) is 46.5 Å². The van der Waals surface area contributed by atoms with Crippen LogP contribution in [0.5, 0.6) is 11.5 Å². The van der Waals surface area contributed by atoms with E-state index in [0.717, 1.165) is 41.7 Å². The first-order valence-electron chi connectivity index (χ1n) is 9.39. The van der Waals surface area contributed by atoms with Crippen molar-refractivity contribution in [3.63, 3.8) is 0 Å². The van der Waals surface area contributed by atoms with Gasteiger partial charge >= 0.3 is 0 Å². The van der Waals surface area contributed by atoms with Gasteiger partial charge in [-0.3, -0.25) is 4.79 Å². The van der Waals surface area contributed by atoms with Crippen molar-refractivity contribution in [2.75, 3.05) is 0 Å². The Labute approximate surface area is 150 Å². The Bertz CT molecular complexity index is 789. The lowest BCUT2D eigenvalue weighted by molar-refractivity contribution is -0.205. The van der Waals surface area contributed by atoms with E-state index in [1.165, 1.54) is 0 Å². The molecule has 3 heteroatoms. The third-order valence-corrected chi connectivity index (χ3v) is 6.86. The van der Waals surface area contributed by atoms with E-state index in [-0.39, 0.29) is 40.3 Å². The predicted octanol–water partition coefficient (Wildman–Crippen LogP) is 4.91. The third-order valence-electron chi connectivity index (χ3n) is 6.86. The highest BCUT2D eigenvalue weighted by Crippen LogP contribution is 2.73. The van der Waals surface area contributed by atoms with Crippen LogP contribution in [0, 0.1) is 24.2 Å². The van der Waals surface area contributed by atoms with E-state index in [4.69, 9.17) is 4.74 Å². The van der Waals surface area contributed by atoms with Crippen LogP contribution < -0.4 is 4.74 Å². The van der Waals surface area contributed by atoms with E-state index in [9.17, 15) is 9.90 Å².